The normalized spacial score (nSPS) is 23.6. The van der Waals surface area contributed by atoms with Gasteiger partial charge >= 0.3 is 0 Å². The lowest BCUT2D eigenvalue weighted by molar-refractivity contribution is 0.372. The summed E-state index contributed by atoms with van der Waals surface area (Å²) < 4.78 is 2.09. The first kappa shape index (κ1) is 10.9. The van der Waals surface area contributed by atoms with Gasteiger partial charge in [-0.25, -0.2) is 9.67 Å². The number of fused-ring (bicyclic) bond motifs is 1. The van der Waals surface area contributed by atoms with Crippen molar-refractivity contribution >= 4 is 11.3 Å². The Kier molecular flexibility index (Phi) is 2.72. The summed E-state index contributed by atoms with van der Waals surface area (Å²) in [5.41, 5.74) is 5.81. The minimum absolute atomic E-state index is 0.356. The smallest absolute Gasteiger partial charge is 0.147 e. The summed E-state index contributed by atoms with van der Waals surface area (Å²) in [5, 5.41) is 6.66. The summed E-state index contributed by atoms with van der Waals surface area (Å²) in [6, 6.07) is 4.63. The molecule has 0 aromatic carbocycles. The van der Waals surface area contributed by atoms with Gasteiger partial charge in [-0.3, -0.25) is 0 Å². The minimum Gasteiger partial charge on any atom is -0.330 e. The molecule has 17 heavy (non-hydrogen) atoms. The van der Waals surface area contributed by atoms with Gasteiger partial charge in [0, 0.05) is 17.3 Å². The van der Waals surface area contributed by atoms with Gasteiger partial charge in [0.25, 0.3) is 0 Å². The Morgan fingerprint density at radius 3 is 3.12 bits per heavy atom. The van der Waals surface area contributed by atoms with E-state index in [1.165, 1.54) is 4.88 Å². The van der Waals surface area contributed by atoms with E-state index in [1.807, 2.05) is 6.92 Å². The molecule has 3 rings (SSSR count). The molecule has 90 valence electrons. The summed E-state index contributed by atoms with van der Waals surface area (Å²) in [5.74, 6) is 2.28. The number of nitrogens with two attached hydrogens (primary N) is 1. The van der Waals surface area contributed by atoms with Crippen molar-refractivity contribution in [2.75, 3.05) is 6.54 Å². The van der Waals surface area contributed by atoms with Crippen LogP contribution in [-0.4, -0.2) is 21.3 Å². The van der Waals surface area contributed by atoms with Gasteiger partial charge in [-0.1, -0.05) is 6.07 Å². The maximum atomic E-state index is 5.81. The number of rotatable bonds is 2. The highest BCUT2D eigenvalue weighted by Crippen LogP contribution is 2.36. The van der Waals surface area contributed by atoms with Crippen LogP contribution in [0.3, 0.4) is 0 Å². The second-order valence-electron chi connectivity index (χ2n) is 4.50. The van der Waals surface area contributed by atoms with Gasteiger partial charge in [0.15, 0.2) is 0 Å². The van der Waals surface area contributed by atoms with E-state index in [1.54, 1.807) is 11.3 Å². The highest BCUT2D eigenvalue weighted by Gasteiger charge is 2.30. The van der Waals surface area contributed by atoms with Crippen LogP contribution in [0.15, 0.2) is 17.5 Å². The molecule has 0 spiro atoms. The Bertz CT molecular complexity index is 503. The Hall–Kier alpha value is -1.20. The molecule has 0 aliphatic carbocycles. The van der Waals surface area contributed by atoms with Crippen LogP contribution in [0.5, 0.6) is 0 Å². The predicted molar refractivity (Wildman–Crippen MR) is 68.2 cm³/mol. The molecule has 0 saturated carbocycles. The standard InChI is InChI=1S/C12H16N4S/c1-8-14-12-9(7-13)4-5-10(16(12)15-8)11-3-2-6-17-11/h2-3,6,9-10H,4-5,7,13H2,1H3. The molecule has 2 unspecified atom stereocenters. The summed E-state index contributed by atoms with van der Waals surface area (Å²) in [6.07, 6.45) is 2.22. The van der Waals surface area contributed by atoms with E-state index in [4.69, 9.17) is 5.73 Å². The van der Waals surface area contributed by atoms with Crippen LogP contribution in [0, 0.1) is 6.92 Å². The Balaban J connectivity index is 2.04. The lowest BCUT2D eigenvalue weighted by atomic mass is 9.94. The summed E-state index contributed by atoms with van der Waals surface area (Å²) in [6.45, 7) is 2.61. The quantitative estimate of drug-likeness (QED) is 0.885. The molecule has 2 N–H and O–H groups in total. The zero-order valence-electron chi connectivity index (χ0n) is 9.84. The predicted octanol–water partition coefficient (Wildman–Crippen LogP) is 2.07. The van der Waals surface area contributed by atoms with Crippen molar-refractivity contribution in [3.8, 4) is 0 Å². The first-order valence-corrected chi connectivity index (χ1v) is 6.84. The molecule has 0 radical (unpaired) electrons. The second kappa shape index (κ2) is 4.23. The SMILES string of the molecule is Cc1nc2n(n1)C(c1cccs1)CCC2CN. The number of thiophene rings is 1. The molecule has 2 atom stereocenters. The molecule has 0 fully saturated rings. The number of aryl methyl sites for hydroxylation is 1. The van der Waals surface area contributed by atoms with Crippen LogP contribution in [0.1, 0.15) is 41.3 Å². The molecule has 0 bridgehead atoms. The van der Waals surface area contributed by atoms with Gasteiger partial charge in [0.05, 0.1) is 6.04 Å². The molecular weight excluding hydrogens is 232 g/mol. The van der Waals surface area contributed by atoms with E-state index >= 15 is 0 Å². The van der Waals surface area contributed by atoms with Gasteiger partial charge in [0.1, 0.15) is 11.6 Å². The highest BCUT2D eigenvalue weighted by atomic mass is 32.1. The van der Waals surface area contributed by atoms with E-state index in [-0.39, 0.29) is 0 Å². The van der Waals surface area contributed by atoms with Crippen LogP contribution in [0.25, 0.3) is 0 Å². The van der Waals surface area contributed by atoms with Crippen LogP contribution in [0.4, 0.5) is 0 Å². The lowest BCUT2D eigenvalue weighted by Crippen LogP contribution is -2.26. The van der Waals surface area contributed by atoms with Crippen molar-refractivity contribution in [3.05, 3.63) is 34.0 Å². The van der Waals surface area contributed by atoms with Crippen LogP contribution >= 0.6 is 11.3 Å². The molecule has 2 aromatic heterocycles. The van der Waals surface area contributed by atoms with E-state index in [0.29, 0.717) is 18.5 Å². The third-order valence-electron chi connectivity index (χ3n) is 3.37. The highest BCUT2D eigenvalue weighted by molar-refractivity contribution is 7.10. The zero-order valence-corrected chi connectivity index (χ0v) is 10.7. The summed E-state index contributed by atoms with van der Waals surface area (Å²) in [7, 11) is 0. The fourth-order valence-electron chi connectivity index (χ4n) is 2.53. The van der Waals surface area contributed by atoms with Gasteiger partial charge in [-0.05, 0) is 31.2 Å². The van der Waals surface area contributed by atoms with Gasteiger partial charge in [-0.15, -0.1) is 11.3 Å². The third-order valence-corrected chi connectivity index (χ3v) is 4.34. The number of hydrogen-bond acceptors (Lipinski definition) is 4. The van der Waals surface area contributed by atoms with Crippen molar-refractivity contribution < 1.29 is 0 Å². The lowest BCUT2D eigenvalue weighted by Gasteiger charge is -2.27. The topological polar surface area (TPSA) is 56.7 Å². The fraction of sp³-hybridized carbons (Fsp3) is 0.500. The monoisotopic (exact) mass is 248 g/mol. The van der Waals surface area contributed by atoms with Crippen LogP contribution < -0.4 is 5.73 Å². The number of nitrogens with zero attached hydrogens (tertiary/aromatic N) is 3. The van der Waals surface area contributed by atoms with Gasteiger partial charge in [-0.2, -0.15) is 5.10 Å². The molecule has 4 nitrogen and oxygen atoms in total. The molecule has 0 amide bonds. The van der Waals surface area contributed by atoms with Crippen LogP contribution in [-0.2, 0) is 0 Å². The largest absolute Gasteiger partial charge is 0.330 e. The molecule has 5 heteroatoms. The first-order valence-electron chi connectivity index (χ1n) is 5.96. The van der Waals surface area contributed by atoms with E-state index < -0.39 is 0 Å². The second-order valence-corrected chi connectivity index (χ2v) is 5.48. The fourth-order valence-corrected chi connectivity index (χ4v) is 3.38. The third kappa shape index (κ3) is 1.79. The van der Waals surface area contributed by atoms with E-state index in [9.17, 15) is 0 Å². The molecule has 1 aliphatic rings. The Morgan fingerprint density at radius 1 is 1.53 bits per heavy atom. The van der Waals surface area contributed by atoms with Gasteiger partial charge in [0.2, 0.25) is 0 Å². The average Bonchev–Trinajstić information content (AvgIpc) is 2.95. The molecule has 2 aromatic rings. The minimum atomic E-state index is 0.356. The number of hydrogen-bond donors (Lipinski definition) is 1. The molecule has 0 saturated heterocycles. The van der Waals surface area contributed by atoms with E-state index in [2.05, 4.69) is 32.3 Å². The summed E-state index contributed by atoms with van der Waals surface area (Å²) >= 11 is 1.79. The molecule has 3 heterocycles. The Labute approximate surface area is 104 Å². The average molecular weight is 248 g/mol. The van der Waals surface area contributed by atoms with E-state index in [0.717, 1.165) is 24.5 Å². The van der Waals surface area contributed by atoms with Crippen molar-refractivity contribution in [2.24, 2.45) is 5.73 Å². The Morgan fingerprint density at radius 2 is 2.41 bits per heavy atom. The van der Waals surface area contributed by atoms with Gasteiger partial charge < -0.3 is 5.73 Å². The van der Waals surface area contributed by atoms with Crippen molar-refractivity contribution in [1.82, 2.24) is 14.8 Å². The zero-order chi connectivity index (χ0) is 11.8. The summed E-state index contributed by atoms with van der Waals surface area (Å²) in [4.78, 5) is 5.91. The maximum absolute atomic E-state index is 5.81. The number of aromatic nitrogens is 3. The first-order chi connectivity index (χ1) is 8.29. The molecular formula is C12H16N4S. The van der Waals surface area contributed by atoms with Crippen molar-refractivity contribution in [3.63, 3.8) is 0 Å². The molecule has 1 aliphatic heterocycles. The van der Waals surface area contributed by atoms with Crippen LogP contribution in [0.2, 0.25) is 0 Å². The van der Waals surface area contributed by atoms with Crippen molar-refractivity contribution in [2.45, 2.75) is 31.7 Å². The van der Waals surface area contributed by atoms with Crippen molar-refractivity contribution in [1.29, 1.82) is 0 Å². The maximum Gasteiger partial charge on any atom is 0.147 e.